The number of nitrogens with zero attached hydrogens (tertiary/aromatic N) is 2. The second kappa shape index (κ2) is 10.1. The Morgan fingerprint density at radius 3 is 2.33 bits per heavy atom. The molecule has 2 N–H and O–H groups in total. The second-order valence-electron chi connectivity index (χ2n) is 8.32. The summed E-state index contributed by atoms with van der Waals surface area (Å²) in [6, 6.07) is 12.8. The molecule has 27 heavy (non-hydrogen) atoms. The molecule has 0 amide bonds. The molecular weight excluding hydrogens is 447 g/mol. The summed E-state index contributed by atoms with van der Waals surface area (Å²) in [5.74, 6) is 1.63. The smallest absolute Gasteiger partial charge is 0.191 e. The van der Waals surface area contributed by atoms with Gasteiger partial charge in [0.25, 0.3) is 0 Å². The fourth-order valence-electron chi connectivity index (χ4n) is 4.82. The molecule has 3 fully saturated rings. The van der Waals surface area contributed by atoms with Gasteiger partial charge in [0.15, 0.2) is 5.96 Å². The van der Waals surface area contributed by atoms with Gasteiger partial charge >= 0.3 is 0 Å². The Balaban J connectivity index is 0.00000210. The fourth-order valence-corrected chi connectivity index (χ4v) is 4.82. The molecule has 1 aromatic carbocycles. The molecule has 1 aliphatic heterocycles. The highest BCUT2D eigenvalue weighted by Gasteiger charge is 2.39. The molecule has 2 aliphatic carbocycles. The van der Waals surface area contributed by atoms with Crippen molar-refractivity contribution in [2.24, 2.45) is 4.99 Å². The maximum atomic E-state index is 4.48. The van der Waals surface area contributed by atoms with Crippen molar-refractivity contribution in [1.82, 2.24) is 15.5 Å². The van der Waals surface area contributed by atoms with Gasteiger partial charge in [-0.05, 0) is 37.7 Å². The Morgan fingerprint density at radius 1 is 0.963 bits per heavy atom. The van der Waals surface area contributed by atoms with Crippen LogP contribution in [0, 0.1) is 0 Å². The minimum atomic E-state index is 0. The van der Waals surface area contributed by atoms with Crippen molar-refractivity contribution in [2.75, 3.05) is 20.1 Å². The zero-order valence-corrected chi connectivity index (χ0v) is 18.9. The molecule has 4 nitrogen and oxygen atoms in total. The maximum Gasteiger partial charge on any atom is 0.191 e. The largest absolute Gasteiger partial charge is 0.354 e. The number of piperidine rings is 1. The fraction of sp³-hybridized carbons (Fsp3) is 0.682. The molecule has 2 atom stereocenters. The molecule has 1 heterocycles. The molecule has 5 heteroatoms. The first kappa shape index (κ1) is 20.9. The van der Waals surface area contributed by atoms with Crippen molar-refractivity contribution in [1.29, 1.82) is 0 Å². The SMILES string of the molecule is CN=C(NC1CCN(C2CCCCC2)CC1)NC1CC1c1ccccc1.I. The van der Waals surface area contributed by atoms with Gasteiger partial charge in [0.1, 0.15) is 0 Å². The highest BCUT2D eigenvalue weighted by Crippen LogP contribution is 2.40. The number of rotatable bonds is 4. The topological polar surface area (TPSA) is 39.7 Å². The molecule has 4 rings (SSSR count). The number of nitrogens with one attached hydrogen (secondary N) is 2. The average molecular weight is 482 g/mol. The van der Waals surface area contributed by atoms with Gasteiger partial charge in [-0.2, -0.15) is 0 Å². The molecule has 1 saturated heterocycles. The molecule has 2 saturated carbocycles. The van der Waals surface area contributed by atoms with Crippen LogP contribution in [0.1, 0.15) is 62.8 Å². The van der Waals surface area contributed by atoms with Crippen LogP contribution in [-0.2, 0) is 0 Å². The summed E-state index contributed by atoms with van der Waals surface area (Å²) in [5, 5.41) is 7.32. The monoisotopic (exact) mass is 482 g/mol. The predicted molar refractivity (Wildman–Crippen MR) is 124 cm³/mol. The molecule has 0 spiro atoms. The quantitative estimate of drug-likeness (QED) is 0.385. The Hall–Kier alpha value is -0.820. The third kappa shape index (κ3) is 5.59. The first-order valence-corrected chi connectivity index (χ1v) is 10.6. The summed E-state index contributed by atoms with van der Waals surface area (Å²) in [7, 11) is 1.90. The number of hydrogen-bond acceptors (Lipinski definition) is 2. The van der Waals surface area contributed by atoms with E-state index in [9.17, 15) is 0 Å². The van der Waals surface area contributed by atoms with Gasteiger partial charge < -0.3 is 15.5 Å². The molecule has 1 aromatic rings. The summed E-state index contributed by atoms with van der Waals surface area (Å²) in [4.78, 5) is 7.23. The number of hydrogen-bond donors (Lipinski definition) is 2. The Labute approximate surface area is 181 Å². The standard InChI is InChI=1S/C22H34N4.HI/c1-23-22(25-21-16-20(21)17-8-4-2-5-9-17)24-18-12-14-26(15-13-18)19-10-6-3-7-11-19;/h2,4-5,8-9,18-21H,3,6-7,10-16H2,1H3,(H2,23,24,25);1H. The van der Waals surface area contributed by atoms with E-state index in [0.717, 1.165) is 12.0 Å². The van der Waals surface area contributed by atoms with Crippen molar-refractivity contribution in [3.05, 3.63) is 35.9 Å². The van der Waals surface area contributed by atoms with Crippen LogP contribution >= 0.6 is 24.0 Å². The summed E-state index contributed by atoms with van der Waals surface area (Å²) >= 11 is 0. The van der Waals surface area contributed by atoms with Crippen molar-refractivity contribution in [3.63, 3.8) is 0 Å². The summed E-state index contributed by atoms with van der Waals surface area (Å²) < 4.78 is 0. The highest BCUT2D eigenvalue weighted by molar-refractivity contribution is 14.0. The van der Waals surface area contributed by atoms with E-state index in [-0.39, 0.29) is 24.0 Å². The molecule has 3 aliphatic rings. The van der Waals surface area contributed by atoms with Gasteiger partial charge in [-0.25, -0.2) is 0 Å². The first-order chi connectivity index (χ1) is 12.8. The summed E-state index contributed by atoms with van der Waals surface area (Å²) in [6.07, 6.45) is 10.8. The van der Waals surface area contributed by atoms with E-state index in [4.69, 9.17) is 0 Å². The van der Waals surface area contributed by atoms with Crippen molar-refractivity contribution >= 4 is 29.9 Å². The first-order valence-electron chi connectivity index (χ1n) is 10.6. The zero-order valence-electron chi connectivity index (χ0n) is 16.6. The van der Waals surface area contributed by atoms with E-state index in [0.29, 0.717) is 18.0 Å². The van der Waals surface area contributed by atoms with Crippen LogP contribution in [0.5, 0.6) is 0 Å². The second-order valence-corrected chi connectivity index (χ2v) is 8.32. The Morgan fingerprint density at radius 2 is 1.67 bits per heavy atom. The molecule has 150 valence electrons. The minimum Gasteiger partial charge on any atom is -0.354 e. The lowest BCUT2D eigenvalue weighted by Crippen LogP contribution is -2.51. The van der Waals surface area contributed by atoms with E-state index < -0.39 is 0 Å². The summed E-state index contributed by atoms with van der Waals surface area (Å²) in [5.41, 5.74) is 1.45. The molecule has 0 radical (unpaired) electrons. The van der Waals surface area contributed by atoms with Crippen LogP contribution in [0.2, 0.25) is 0 Å². The lowest BCUT2D eigenvalue weighted by Gasteiger charge is -2.39. The molecule has 0 bridgehead atoms. The van der Waals surface area contributed by atoms with E-state index in [1.54, 1.807) is 0 Å². The average Bonchev–Trinajstić information content (AvgIpc) is 3.48. The van der Waals surface area contributed by atoms with E-state index in [2.05, 4.69) is 50.9 Å². The third-order valence-corrected chi connectivity index (χ3v) is 6.53. The predicted octanol–water partition coefficient (Wildman–Crippen LogP) is 4.12. The van der Waals surface area contributed by atoms with E-state index in [1.807, 2.05) is 7.05 Å². The number of guanidine groups is 1. The highest BCUT2D eigenvalue weighted by atomic mass is 127. The van der Waals surface area contributed by atoms with Crippen LogP contribution in [-0.4, -0.2) is 49.1 Å². The van der Waals surface area contributed by atoms with Crippen LogP contribution in [0.25, 0.3) is 0 Å². The third-order valence-electron chi connectivity index (χ3n) is 6.53. The van der Waals surface area contributed by atoms with Crippen molar-refractivity contribution < 1.29 is 0 Å². The van der Waals surface area contributed by atoms with Gasteiger partial charge in [-0.1, -0.05) is 49.6 Å². The van der Waals surface area contributed by atoms with E-state index >= 15 is 0 Å². The van der Waals surface area contributed by atoms with Gasteiger partial charge in [0.2, 0.25) is 0 Å². The minimum absolute atomic E-state index is 0. The number of benzene rings is 1. The number of halogens is 1. The molecule has 0 aromatic heterocycles. The van der Waals surface area contributed by atoms with E-state index in [1.165, 1.54) is 70.0 Å². The van der Waals surface area contributed by atoms with Gasteiger partial charge in [0.05, 0.1) is 0 Å². The Bertz CT molecular complexity index is 592. The molecular formula is C22H35IN4. The maximum absolute atomic E-state index is 4.48. The van der Waals surface area contributed by atoms with Gasteiger partial charge in [-0.3, -0.25) is 4.99 Å². The number of likely N-dealkylation sites (tertiary alicyclic amines) is 1. The van der Waals surface area contributed by atoms with Gasteiger partial charge in [-0.15, -0.1) is 24.0 Å². The summed E-state index contributed by atoms with van der Waals surface area (Å²) in [6.45, 7) is 2.49. The lowest BCUT2D eigenvalue weighted by molar-refractivity contribution is 0.119. The molecule has 2 unspecified atom stereocenters. The Kier molecular flexibility index (Phi) is 7.82. The van der Waals surface area contributed by atoms with Crippen molar-refractivity contribution in [3.8, 4) is 0 Å². The van der Waals surface area contributed by atoms with Crippen LogP contribution in [0.4, 0.5) is 0 Å². The normalized spacial score (nSPS) is 27.7. The lowest BCUT2D eigenvalue weighted by atomic mass is 9.92. The number of aliphatic imine (C=N–C) groups is 1. The van der Waals surface area contributed by atoms with Crippen molar-refractivity contribution in [2.45, 2.75) is 75.4 Å². The van der Waals surface area contributed by atoms with Gasteiger partial charge in [0, 0.05) is 44.2 Å². The van der Waals surface area contributed by atoms with Crippen LogP contribution < -0.4 is 10.6 Å². The van der Waals surface area contributed by atoms with Crippen LogP contribution in [0.15, 0.2) is 35.3 Å². The zero-order chi connectivity index (χ0) is 17.8. The van der Waals surface area contributed by atoms with Crippen LogP contribution in [0.3, 0.4) is 0 Å².